The van der Waals surface area contributed by atoms with Gasteiger partial charge in [0.25, 0.3) is 5.91 Å². The van der Waals surface area contributed by atoms with Crippen molar-refractivity contribution in [3.8, 4) is 22.8 Å². The lowest BCUT2D eigenvalue weighted by Crippen LogP contribution is -2.28. The predicted molar refractivity (Wildman–Crippen MR) is 92.3 cm³/mol. The van der Waals surface area contributed by atoms with Crippen LogP contribution >= 0.6 is 0 Å². The molecule has 0 unspecified atom stereocenters. The van der Waals surface area contributed by atoms with Crippen molar-refractivity contribution < 1.29 is 18.8 Å². The molecule has 0 spiro atoms. The number of nitrogens with zero attached hydrogens (tertiary/aromatic N) is 1. The molecule has 3 aromatic rings. The third-order valence-corrected chi connectivity index (χ3v) is 3.52. The molecule has 2 aromatic carbocycles. The van der Waals surface area contributed by atoms with Crippen molar-refractivity contribution >= 4 is 5.91 Å². The summed E-state index contributed by atoms with van der Waals surface area (Å²) in [6, 6.07) is 18.7. The summed E-state index contributed by atoms with van der Waals surface area (Å²) in [4.78, 5) is 11.9. The number of amides is 1. The monoisotopic (exact) mass is 338 g/mol. The van der Waals surface area contributed by atoms with Gasteiger partial charge in [0.1, 0.15) is 5.69 Å². The molecule has 0 aliphatic heterocycles. The van der Waals surface area contributed by atoms with E-state index in [4.69, 9.17) is 14.0 Å². The van der Waals surface area contributed by atoms with Crippen molar-refractivity contribution in [3.63, 3.8) is 0 Å². The molecule has 1 aromatic heterocycles. The zero-order chi connectivity index (χ0) is 17.5. The first kappa shape index (κ1) is 16.6. The van der Waals surface area contributed by atoms with E-state index >= 15 is 0 Å². The Bertz CT molecular complexity index is 830. The topological polar surface area (TPSA) is 73.6 Å². The van der Waals surface area contributed by atoms with Gasteiger partial charge in [-0.1, -0.05) is 47.6 Å². The minimum atomic E-state index is -0.261. The maximum Gasteiger partial charge on any atom is 0.258 e. The molecule has 0 saturated heterocycles. The zero-order valence-corrected chi connectivity index (χ0v) is 13.8. The second kappa shape index (κ2) is 8.01. The van der Waals surface area contributed by atoms with Gasteiger partial charge in [-0.2, -0.15) is 0 Å². The van der Waals surface area contributed by atoms with Crippen LogP contribution in [0, 0.1) is 0 Å². The van der Waals surface area contributed by atoms with E-state index in [1.165, 1.54) is 0 Å². The molecule has 0 saturated carbocycles. The zero-order valence-electron chi connectivity index (χ0n) is 13.8. The second-order valence-electron chi connectivity index (χ2n) is 5.26. The van der Waals surface area contributed by atoms with E-state index in [0.29, 0.717) is 17.3 Å². The number of rotatable bonds is 7. The molecule has 0 fully saturated rings. The van der Waals surface area contributed by atoms with E-state index in [2.05, 4.69) is 10.5 Å². The van der Waals surface area contributed by atoms with Crippen LogP contribution in [-0.4, -0.2) is 24.8 Å². The van der Waals surface area contributed by atoms with Gasteiger partial charge < -0.3 is 19.3 Å². The van der Waals surface area contributed by atoms with Gasteiger partial charge in [-0.25, -0.2) is 0 Å². The maximum absolute atomic E-state index is 11.9. The standard InChI is InChI=1S/C19H18N2O4/c1-23-17-9-5-6-10-18(17)24-13-19(22)20-12-15-11-16(21-25-15)14-7-3-2-4-8-14/h2-11H,12-13H2,1H3,(H,20,22). The molecule has 6 heteroatoms. The van der Waals surface area contributed by atoms with E-state index in [0.717, 1.165) is 11.3 Å². The normalized spacial score (nSPS) is 10.3. The van der Waals surface area contributed by atoms with Crippen molar-refractivity contribution in [1.82, 2.24) is 10.5 Å². The first-order chi connectivity index (χ1) is 12.3. The molecule has 3 rings (SSSR count). The highest BCUT2D eigenvalue weighted by atomic mass is 16.5. The molecule has 6 nitrogen and oxygen atoms in total. The van der Waals surface area contributed by atoms with E-state index in [9.17, 15) is 4.79 Å². The summed E-state index contributed by atoms with van der Waals surface area (Å²) >= 11 is 0. The Hall–Kier alpha value is -3.28. The SMILES string of the molecule is COc1ccccc1OCC(=O)NCc1cc(-c2ccccc2)no1. The minimum absolute atomic E-state index is 0.111. The van der Waals surface area contributed by atoms with Gasteiger partial charge in [-0.05, 0) is 12.1 Å². The third-order valence-electron chi connectivity index (χ3n) is 3.52. The fourth-order valence-corrected chi connectivity index (χ4v) is 2.26. The molecule has 0 radical (unpaired) electrons. The van der Waals surface area contributed by atoms with Gasteiger partial charge in [0.15, 0.2) is 23.9 Å². The van der Waals surface area contributed by atoms with Crippen LogP contribution in [0.4, 0.5) is 0 Å². The highest BCUT2D eigenvalue weighted by Gasteiger charge is 2.09. The fourth-order valence-electron chi connectivity index (χ4n) is 2.26. The molecule has 0 bridgehead atoms. The van der Waals surface area contributed by atoms with Crippen LogP contribution in [0.1, 0.15) is 5.76 Å². The van der Waals surface area contributed by atoms with Crippen molar-refractivity contribution in [2.75, 3.05) is 13.7 Å². The molecule has 25 heavy (non-hydrogen) atoms. The average molecular weight is 338 g/mol. The van der Waals surface area contributed by atoms with Crippen LogP contribution in [0.2, 0.25) is 0 Å². The molecule has 1 amide bonds. The number of ether oxygens (including phenoxy) is 2. The lowest BCUT2D eigenvalue weighted by Gasteiger charge is -2.09. The Kier molecular flexibility index (Phi) is 5.31. The van der Waals surface area contributed by atoms with Crippen LogP contribution < -0.4 is 14.8 Å². The molecule has 1 N–H and O–H groups in total. The van der Waals surface area contributed by atoms with Crippen LogP contribution in [0.15, 0.2) is 65.2 Å². The molecule has 1 heterocycles. The van der Waals surface area contributed by atoms with E-state index in [1.54, 1.807) is 25.3 Å². The Morgan fingerprint density at radius 3 is 2.56 bits per heavy atom. The van der Waals surface area contributed by atoms with Gasteiger partial charge in [-0.15, -0.1) is 0 Å². The summed E-state index contributed by atoms with van der Waals surface area (Å²) < 4.78 is 15.9. The van der Waals surface area contributed by atoms with Crippen LogP contribution in [0.5, 0.6) is 11.5 Å². The number of carbonyl (C=O) groups excluding carboxylic acids is 1. The van der Waals surface area contributed by atoms with Crippen LogP contribution in [0.3, 0.4) is 0 Å². The summed E-state index contributed by atoms with van der Waals surface area (Å²) in [5.41, 5.74) is 1.69. The van der Waals surface area contributed by atoms with Crippen molar-refractivity contribution in [2.24, 2.45) is 0 Å². The maximum atomic E-state index is 11.9. The number of methoxy groups -OCH3 is 1. The molecule has 0 atom stereocenters. The fraction of sp³-hybridized carbons (Fsp3) is 0.158. The Labute approximate surface area is 145 Å². The highest BCUT2D eigenvalue weighted by molar-refractivity contribution is 5.77. The summed E-state index contributed by atoms with van der Waals surface area (Å²) in [5, 5.41) is 6.74. The lowest BCUT2D eigenvalue weighted by atomic mass is 10.1. The summed E-state index contributed by atoms with van der Waals surface area (Å²) in [6.45, 7) is 0.133. The number of aromatic nitrogens is 1. The average Bonchev–Trinajstić information content (AvgIpc) is 3.14. The molecule has 0 aliphatic rings. The summed E-state index contributed by atoms with van der Waals surface area (Å²) in [7, 11) is 1.55. The van der Waals surface area contributed by atoms with Crippen LogP contribution in [-0.2, 0) is 11.3 Å². The Balaban J connectivity index is 1.50. The van der Waals surface area contributed by atoms with E-state index < -0.39 is 0 Å². The van der Waals surface area contributed by atoms with Gasteiger partial charge >= 0.3 is 0 Å². The number of para-hydroxylation sites is 2. The minimum Gasteiger partial charge on any atom is -0.493 e. The van der Waals surface area contributed by atoms with E-state index in [-0.39, 0.29) is 19.1 Å². The van der Waals surface area contributed by atoms with Gasteiger partial charge in [0.2, 0.25) is 0 Å². The van der Waals surface area contributed by atoms with Crippen molar-refractivity contribution in [1.29, 1.82) is 0 Å². The number of carbonyl (C=O) groups is 1. The number of hydrogen-bond acceptors (Lipinski definition) is 5. The number of nitrogens with one attached hydrogen (secondary N) is 1. The third kappa shape index (κ3) is 4.38. The van der Waals surface area contributed by atoms with E-state index in [1.807, 2.05) is 42.5 Å². The Morgan fingerprint density at radius 2 is 1.80 bits per heavy atom. The van der Waals surface area contributed by atoms with Crippen LogP contribution in [0.25, 0.3) is 11.3 Å². The molecular weight excluding hydrogens is 320 g/mol. The molecular formula is C19H18N2O4. The first-order valence-corrected chi connectivity index (χ1v) is 7.80. The number of benzene rings is 2. The molecule has 128 valence electrons. The quantitative estimate of drug-likeness (QED) is 0.717. The smallest absolute Gasteiger partial charge is 0.258 e. The number of hydrogen-bond donors (Lipinski definition) is 1. The largest absolute Gasteiger partial charge is 0.493 e. The summed E-state index contributed by atoms with van der Waals surface area (Å²) in [6.07, 6.45) is 0. The Morgan fingerprint density at radius 1 is 1.08 bits per heavy atom. The highest BCUT2D eigenvalue weighted by Crippen LogP contribution is 2.25. The predicted octanol–water partition coefficient (Wildman–Crippen LogP) is 3.05. The lowest BCUT2D eigenvalue weighted by molar-refractivity contribution is -0.123. The molecule has 0 aliphatic carbocycles. The second-order valence-corrected chi connectivity index (χ2v) is 5.26. The van der Waals surface area contributed by atoms with Crippen molar-refractivity contribution in [3.05, 3.63) is 66.4 Å². The van der Waals surface area contributed by atoms with Gasteiger partial charge in [0, 0.05) is 11.6 Å². The van der Waals surface area contributed by atoms with Gasteiger partial charge in [-0.3, -0.25) is 4.79 Å². The first-order valence-electron chi connectivity index (χ1n) is 7.80. The van der Waals surface area contributed by atoms with Crippen molar-refractivity contribution in [2.45, 2.75) is 6.54 Å². The summed E-state index contributed by atoms with van der Waals surface area (Å²) in [5.74, 6) is 1.41. The van der Waals surface area contributed by atoms with Gasteiger partial charge in [0.05, 0.1) is 13.7 Å².